The van der Waals surface area contributed by atoms with Crippen LogP contribution in [0.4, 0.5) is 0 Å². The standard InChI is InChI=1S/C23H26N4OS/c1-3-17-9-11-18(12-10-17)15-26(2)21(28)16-29-23-25-24-22(19-13-14-19)27(23)20-7-5-4-6-8-20/h4-12,19H,3,13-16H2,1-2H3. The van der Waals surface area contributed by atoms with E-state index in [2.05, 4.69) is 58.1 Å². The zero-order valence-electron chi connectivity index (χ0n) is 16.9. The molecule has 1 aromatic heterocycles. The largest absolute Gasteiger partial charge is 0.341 e. The Morgan fingerprint density at radius 3 is 2.41 bits per heavy atom. The van der Waals surface area contributed by atoms with Gasteiger partial charge in [0.05, 0.1) is 5.75 Å². The molecule has 0 spiro atoms. The first kappa shape index (κ1) is 19.7. The second-order valence-corrected chi connectivity index (χ2v) is 8.44. The van der Waals surface area contributed by atoms with E-state index in [1.807, 2.05) is 25.2 Å². The molecule has 0 bridgehead atoms. The van der Waals surface area contributed by atoms with Crippen LogP contribution in [0.15, 0.2) is 59.8 Å². The van der Waals surface area contributed by atoms with Gasteiger partial charge in [0.2, 0.25) is 5.91 Å². The van der Waals surface area contributed by atoms with E-state index in [0.717, 1.165) is 41.5 Å². The van der Waals surface area contributed by atoms with Gasteiger partial charge in [0, 0.05) is 25.2 Å². The molecule has 0 saturated heterocycles. The van der Waals surface area contributed by atoms with Crippen LogP contribution in [0.1, 0.15) is 42.6 Å². The van der Waals surface area contributed by atoms with Gasteiger partial charge < -0.3 is 4.90 Å². The Morgan fingerprint density at radius 1 is 1.07 bits per heavy atom. The Balaban J connectivity index is 1.42. The van der Waals surface area contributed by atoms with Gasteiger partial charge >= 0.3 is 0 Å². The summed E-state index contributed by atoms with van der Waals surface area (Å²) in [6.07, 6.45) is 3.35. The lowest BCUT2D eigenvalue weighted by atomic mass is 10.1. The smallest absolute Gasteiger partial charge is 0.233 e. The summed E-state index contributed by atoms with van der Waals surface area (Å²) in [7, 11) is 1.86. The minimum absolute atomic E-state index is 0.0881. The Hall–Kier alpha value is -2.60. The fourth-order valence-electron chi connectivity index (χ4n) is 3.28. The summed E-state index contributed by atoms with van der Waals surface area (Å²) in [5, 5.41) is 9.61. The van der Waals surface area contributed by atoms with Crippen LogP contribution in [0.25, 0.3) is 5.69 Å². The number of hydrogen-bond donors (Lipinski definition) is 0. The maximum atomic E-state index is 12.7. The lowest BCUT2D eigenvalue weighted by molar-refractivity contribution is -0.127. The second-order valence-electron chi connectivity index (χ2n) is 7.49. The molecule has 6 heteroatoms. The first-order chi connectivity index (χ1) is 14.2. The first-order valence-electron chi connectivity index (χ1n) is 10.1. The molecule has 29 heavy (non-hydrogen) atoms. The van der Waals surface area contributed by atoms with Crippen LogP contribution in [0, 0.1) is 0 Å². The van der Waals surface area contributed by atoms with Gasteiger partial charge in [-0.2, -0.15) is 0 Å². The monoisotopic (exact) mass is 406 g/mol. The third kappa shape index (κ3) is 4.70. The molecule has 0 unspecified atom stereocenters. The Kier molecular flexibility index (Phi) is 6.00. The van der Waals surface area contributed by atoms with Gasteiger partial charge in [-0.25, -0.2) is 0 Å². The molecule has 4 rings (SSSR count). The van der Waals surface area contributed by atoms with Crippen molar-refractivity contribution >= 4 is 17.7 Å². The number of thioether (sulfide) groups is 1. The van der Waals surface area contributed by atoms with Crippen LogP contribution >= 0.6 is 11.8 Å². The number of amides is 1. The second kappa shape index (κ2) is 8.82. The SMILES string of the molecule is CCc1ccc(CN(C)C(=O)CSc2nnc(C3CC3)n2-c2ccccc2)cc1. The quantitative estimate of drug-likeness (QED) is 0.518. The van der Waals surface area contributed by atoms with Crippen molar-refractivity contribution in [3.05, 3.63) is 71.5 Å². The van der Waals surface area contributed by atoms with Crippen molar-refractivity contribution in [3.63, 3.8) is 0 Å². The van der Waals surface area contributed by atoms with Crippen LogP contribution in [-0.4, -0.2) is 38.4 Å². The summed E-state index contributed by atoms with van der Waals surface area (Å²) in [6.45, 7) is 2.76. The van der Waals surface area contributed by atoms with Gasteiger partial charge in [0.15, 0.2) is 5.16 Å². The van der Waals surface area contributed by atoms with Gasteiger partial charge in [-0.05, 0) is 42.5 Å². The van der Waals surface area contributed by atoms with E-state index in [-0.39, 0.29) is 5.91 Å². The molecule has 0 N–H and O–H groups in total. The number of aryl methyl sites for hydroxylation is 1. The molecule has 0 atom stereocenters. The van der Waals surface area contributed by atoms with E-state index >= 15 is 0 Å². The van der Waals surface area contributed by atoms with Crippen molar-refractivity contribution in [2.45, 2.75) is 43.8 Å². The van der Waals surface area contributed by atoms with Gasteiger partial charge in [-0.15, -0.1) is 10.2 Å². The fourth-order valence-corrected chi connectivity index (χ4v) is 4.18. The molecular weight excluding hydrogens is 380 g/mol. The van der Waals surface area contributed by atoms with Crippen LogP contribution in [0.3, 0.4) is 0 Å². The Labute approximate surface area is 176 Å². The number of rotatable bonds is 8. The van der Waals surface area contributed by atoms with E-state index in [4.69, 9.17) is 0 Å². The molecule has 1 fully saturated rings. The van der Waals surface area contributed by atoms with Crippen molar-refractivity contribution < 1.29 is 4.79 Å². The number of hydrogen-bond acceptors (Lipinski definition) is 4. The predicted octanol–water partition coefficient (Wildman–Crippen LogP) is 4.46. The normalized spacial score (nSPS) is 13.4. The molecule has 1 saturated carbocycles. The third-order valence-corrected chi connectivity index (χ3v) is 6.13. The minimum atomic E-state index is 0.0881. The maximum Gasteiger partial charge on any atom is 0.233 e. The predicted molar refractivity (Wildman–Crippen MR) is 116 cm³/mol. The zero-order valence-corrected chi connectivity index (χ0v) is 17.7. The summed E-state index contributed by atoms with van der Waals surface area (Å²) >= 11 is 1.46. The lowest BCUT2D eigenvalue weighted by Gasteiger charge is -2.17. The maximum absolute atomic E-state index is 12.7. The number of aromatic nitrogens is 3. The number of para-hydroxylation sites is 1. The average Bonchev–Trinajstić information content (AvgIpc) is 3.52. The van der Waals surface area contributed by atoms with Crippen LogP contribution in [-0.2, 0) is 17.8 Å². The molecule has 150 valence electrons. The first-order valence-corrected chi connectivity index (χ1v) is 11.1. The molecule has 1 aliphatic rings. The van der Waals surface area contributed by atoms with E-state index in [0.29, 0.717) is 18.2 Å². The van der Waals surface area contributed by atoms with Gasteiger partial charge in [-0.1, -0.05) is 61.2 Å². The molecule has 0 aliphatic heterocycles. The number of carbonyl (C=O) groups is 1. The average molecular weight is 407 g/mol. The lowest BCUT2D eigenvalue weighted by Crippen LogP contribution is -2.27. The highest BCUT2D eigenvalue weighted by Crippen LogP contribution is 2.41. The van der Waals surface area contributed by atoms with Crippen molar-refractivity contribution in [3.8, 4) is 5.69 Å². The van der Waals surface area contributed by atoms with Crippen LogP contribution in [0.5, 0.6) is 0 Å². The minimum Gasteiger partial charge on any atom is -0.341 e. The number of nitrogens with zero attached hydrogens (tertiary/aromatic N) is 4. The molecule has 0 radical (unpaired) electrons. The highest BCUT2D eigenvalue weighted by molar-refractivity contribution is 7.99. The summed E-state index contributed by atoms with van der Waals surface area (Å²) in [5.41, 5.74) is 3.51. The van der Waals surface area contributed by atoms with Gasteiger partial charge in [0.25, 0.3) is 0 Å². The van der Waals surface area contributed by atoms with Crippen LogP contribution < -0.4 is 0 Å². The number of benzene rings is 2. The Morgan fingerprint density at radius 2 is 1.76 bits per heavy atom. The van der Waals surface area contributed by atoms with Crippen molar-refractivity contribution in [2.24, 2.45) is 0 Å². The summed E-state index contributed by atoms with van der Waals surface area (Å²) in [5.74, 6) is 1.93. The molecular formula is C23H26N4OS. The topological polar surface area (TPSA) is 51.0 Å². The molecule has 2 aromatic carbocycles. The molecule has 1 aliphatic carbocycles. The summed E-state index contributed by atoms with van der Waals surface area (Å²) in [6, 6.07) is 18.6. The fraction of sp³-hybridized carbons (Fsp3) is 0.348. The molecule has 5 nitrogen and oxygen atoms in total. The van der Waals surface area contributed by atoms with E-state index < -0.39 is 0 Å². The molecule has 1 heterocycles. The molecule has 1 amide bonds. The van der Waals surface area contributed by atoms with E-state index in [1.54, 1.807) is 4.90 Å². The van der Waals surface area contributed by atoms with E-state index in [9.17, 15) is 4.79 Å². The number of carbonyl (C=O) groups excluding carboxylic acids is 1. The van der Waals surface area contributed by atoms with Crippen molar-refractivity contribution in [1.29, 1.82) is 0 Å². The van der Waals surface area contributed by atoms with Gasteiger partial charge in [0.1, 0.15) is 5.82 Å². The highest BCUT2D eigenvalue weighted by atomic mass is 32.2. The van der Waals surface area contributed by atoms with Crippen molar-refractivity contribution in [2.75, 3.05) is 12.8 Å². The van der Waals surface area contributed by atoms with E-state index in [1.165, 1.54) is 17.3 Å². The highest BCUT2D eigenvalue weighted by Gasteiger charge is 2.31. The molecule has 3 aromatic rings. The van der Waals surface area contributed by atoms with Crippen molar-refractivity contribution in [1.82, 2.24) is 19.7 Å². The van der Waals surface area contributed by atoms with Crippen LogP contribution in [0.2, 0.25) is 0 Å². The third-order valence-electron chi connectivity index (χ3n) is 5.22. The zero-order chi connectivity index (χ0) is 20.2. The Bertz CT molecular complexity index is 964. The summed E-state index contributed by atoms with van der Waals surface area (Å²) in [4.78, 5) is 14.5. The van der Waals surface area contributed by atoms with Gasteiger partial charge in [-0.3, -0.25) is 9.36 Å². The summed E-state index contributed by atoms with van der Waals surface area (Å²) < 4.78 is 2.11.